The number of rotatable bonds is 2. The van der Waals surface area contributed by atoms with Crippen LogP contribution in [0, 0.1) is 11.3 Å². The second-order valence-corrected chi connectivity index (χ2v) is 4.69. The van der Waals surface area contributed by atoms with Crippen molar-refractivity contribution in [2.75, 3.05) is 5.73 Å². The average molecular weight is 262 g/mol. The maximum atomic E-state index is 8.74. The SMILES string of the molecule is N#Cc1ccc(Sc2ncccc2Cl)c(N)c1. The molecule has 0 radical (unpaired) electrons. The molecule has 0 fully saturated rings. The Kier molecular flexibility index (Phi) is 3.52. The van der Waals surface area contributed by atoms with Gasteiger partial charge in [0, 0.05) is 16.8 Å². The molecule has 3 nitrogen and oxygen atoms in total. The van der Waals surface area contributed by atoms with E-state index in [-0.39, 0.29) is 0 Å². The fraction of sp³-hybridized carbons (Fsp3) is 0. The molecule has 0 spiro atoms. The molecule has 0 aliphatic carbocycles. The minimum absolute atomic E-state index is 0.541. The summed E-state index contributed by atoms with van der Waals surface area (Å²) in [5, 5.41) is 10.0. The molecule has 1 aromatic carbocycles. The van der Waals surface area contributed by atoms with Gasteiger partial charge >= 0.3 is 0 Å². The van der Waals surface area contributed by atoms with Crippen LogP contribution in [0.15, 0.2) is 46.5 Å². The van der Waals surface area contributed by atoms with Crippen molar-refractivity contribution < 1.29 is 0 Å². The van der Waals surface area contributed by atoms with E-state index < -0.39 is 0 Å². The summed E-state index contributed by atoms with van der Waals surface area (Å²) in [4.78, 5) is 5.01. The highest BCUT2D eigenvalue weighted by Gasteiger charge is 2.07. The smallest absolute Gasteiger partial charge is 0.119 e. The highest BCUT2D eigenvalue weighted by atomic mass is 35.5. The van der Waals surface area contributed by atoms with Gasteiger partial charge in [0.25, 0.3) is 0 Å². The summed E-state index contributed by atoms with van der Waals surface area (Å²) in [6.07, 6.45) is 1.67. The van der Waals surface area contributed by atoms with Gasteiger partial charge in [0.1, 0.15) is 5.03 Å². The van der Waals surface area contributed by atoms with Crippen LogP contribution >= 0.6 is 23.4 Å². The summed E-state index contributed by atoms with van der Waals surface area (Å²) >= 11 is 7.39. The van der Waals surface area contributed by atoms with Gasteiger partial charge in [-0.2, -0.15) is 5.26 Å². The Hall–Kier alpha value is -1.70. The number of hydrogen-bond donors (Lipinski definition) is 1. The minimum Gasteiger partial charge on any atom is -0.398 e. The Balaban J connectivity index is 2.32. The maximum absolute atomic E-state index is 8.74. The number of aromatic nitrogens is 1. The molecule has 17 heavy (non-hydrogen) atoms. The zero-order valence-corrected chi connectivity index (χ0v) is 10.3. The van der Waals surface area contributed by atoms with E-state index >= 15 is 0 Å². The Labute approximate surface area is 108 Å². The molecule has 0 aliphatic rings. The summed E-state index contributed by atoms with van der Waals surface area (Å²) in [5.74, 6) is 0. The van der Waals surface area contributed by atoms with E-state index in [0.29, 0.717) is 21.3 Å². The van der Waals surface area contributed by atoms with Gasteiger partial charge in [-0.3, -0.25) is 0 Å². The van der Waals surface area contributed by atoms with E-state index in [1.165, 1.54) is 11.8 Å². The van der Waals surface area contributed by atoms with Crippen molar-refractivity contribution in [3.05, 3.63) is 47.1 Å². The minimum atomic E-state index is 0.541. The number of nitrogens with zero attached hydrogens (tertiary/aromatic N) is 2. The number of nitriles is 1. The quantitative estimate of drug-likeness (QED) is 0.842. The van der Waals surface area contributed by atoms with Crippen LogP contribution in [0.1, 0.15) is 5.56 Å². The molecule has 0 unspecified atom stereocenters. The molecule has 5 heteroatoms. The molecule has 84 valence electrons. The van der Waals surface area contributed by atoms with Gasteiger partial charge < -0.3 is 5.73 Å². The highest BCUT2D eigenvalue weighted by molar-refractivity contribution is 7.99. The fourth-order valence-electron chi connectivity index (χ4n) is 1.26. The molecule has 2 aromatic rings. The molecule has 2 rings (SSSR count). The topological polar surface area (TPSA) is 62.7 Å². The number of pyridine rings is 1. The zero-order valence-electron chi connectivity index (χ0n) is 8.72. The molecular formula is C12H8ClN3S. The Morgan fingerprint density at radius 3 is 2.82 bits per heavy atom. The van der Waals surface area contributed by atoms with Crippen molar-refractivity contribution in [3.8, 4) is 6.07 Å². The third-order valence-corrected chi connectivity index (χ3v) is 3.60. The molecule has 1 aromatic heterocycles. The van der Waals surface area contributed by atoms with E-state index in [2.05, 4.69) is 4.98 Å². The number of benzene rings is 1. The molecule has 0 aliphatic heterocycles. The van der Waals surface area contributed by atoms with Gasteiger partial charge in [-0.15, -0.1) is 0 Å². The molecule has 0 atom stereocenters. The molecule has 0 bridgehead atoms. The number of hydrogen-bond acceptors (Lipinski definition) is 4. The highest BCUT2D eigenvalue weighted by Crippen LogP contribution is 2.34. The lowest BCUT2D eigenvalue weighted by molar-refractivity contribution is 1.13. The first-order valence-corrected chi connectivity index (χ1v) is 5.98. The Bertz CT molecular complexity index is 593. The van der Waals surface area contributed by atoms with Crippen LogP contribution in [0.3, 0.4) is 0 Å². The maximum Gasteiger partial charge on any atom is 0.119 e. The van der Waals surface area contributed by atoms with Crippen molar-refractivity contribution in [1.29, 1.82) is 5.26 Å². The first kappa shape index (κ1) is 11.8. The summed E-state index contributed by atoms with van der Waals surface area (Å²) in [6.45, 7) is 0. The summed E-state index contributed by atoms with van der Waals surface area (Å²) in [5.41, 5.74) is 6.94. The zero-order chi connectivity index (χ0) is 12.3. The Morgan fingerprint density at radius 2 is 2.18 bits per heavy atom. The van der Waals surface area contributed by atoms with Gasteiger partial charge in [-0.1, -0.05) is 23.4 Å². The van der Waals surface area contributed by atoms with Gasteiger partial charge in [-0.05, 0) is 30.3 Å². The van der Waals surface area contributed by atoms with Crippen LogP contribution in [-0.4, -0.2) is 4.98 Å². The number of halogens is 1. The molecule has 1 heterocycles. The largest absolute Gasteiger partial charge is 0.398 e. The molecule has 0 saturated carbocycles. The second-order valence-electron chi connectivity index (χ2n) is 3.26. The van der Waals surface area contributed by atoms with Crippen LogP contribution in [0.2, 0.25) is 5.02 Å². The van der Waals surface area contributed by atoms with Crippen LogP contribution in [0.4, 0.5) is 5.69 Å². The molecule has 2 N–H and O–H groups in total. The lowest BCUT2D eigenvalue weighted by Crippen LogP contribution is -1.90. The average Bonchev–Trinajstić information content (AvgIpc) is 2.34. The molecular weight excluding hydrogens is 254 g/mol. The van der Waals surface area contributed by atoms with Crippen LogP contribution in [0.5, 0.6) is 0 Å². The third kappa shape index (κ3) is 2.70. The lowest BCUT2D eigenvalue weighted by atomic mass is 10.2. The monoisotopic (exact) mass is 261 g/mol. The fourth-order valence-corrected chi connectivity index (χ4v) is 2.30. The van der Waals surface area contributed by atoms with Crippen LogP contribution in [-0.2, 0) is 0 Å². The first-order chi connectivity index (χ1) is 8.20. The van der Waals surface area contributed by atoms with Crippen LogP contribution in [0.25, 0.3) is 0 Å². The normalized spacial score (nSPS) is 9.88. The van der Waals surface area contributed by atoms with E-state index in [9.17, 15) is 0 Å². The van der Waals surface area contributed by atoms with E-state index in [1.54, 1.807) is 36.5 Å². The van der Waals surface area contributed by atoms with E-state index in [4.69, 9.17) is 22.6 Å². The predicted molar refractivity (Wildman–Crippen MR) is 68.9 cm³/mol. The Morgan fingerprint density at radius 1 is 1.35 bits per heavy atom. The van der Waals surface area contributed by atoms with Crippen molar-refractivity contribution >= 4 is 29.1 Å². The van der Waals surface area contributed by atoms with Crippen molar-refractivity contribution in [1.82, 2.24) is 4.98 Å². The van der Waals surface area contributed by atoms with Gasteiger partial charge in [0.05, 0.1) is 16.7 Å². The first-order valence-electron chi connectivity index (χ1n) is 4.78. The summed E-state index contributed by atoms with van der Waals surface area (Å²) in [6, 6.07) is 10.7. The predicted octanol–water partition coefficient (Wildman–Crippen LogP) is 3.34. The van der Waals surface area contributed by atoms with Gasteiger partial charge in [-0.25, -0.2) is 4.98 Å². The summed E-state index contributed by atoms with van der Waals surface area (Å²) < 4.78 is 0. The van der Waals surface area contributed by atoms with E-state index in [1.807, 2.05) is 6.07 Å². The number of anilines is 1. The van der Waals surface area contributed by atoms with Crippen molar-refractivity contribution in [3.63, 3.8) is 0 Å². The number of nitrogens with two attached hydrogens (primary N) is 1. The second kappa shape index (κ2) is 5.09. The van der Waals surface area contributed by atoms with Crippen molar-refractivity contribution in [2.24, 2.45) is 0 Å². The lowest BCUT2D eigenvalue weighted by Gasteiger charge is -2.05. The molecule has 0 saturated heterocycles. The standard InChI is InChI=1S/C12H8ClN3S/c13-9-2-1-5-16-12(9)17-11-4-3-8(7-14)6-10(11)15/h1-6H,15H2. The van der Waals surface area contributed by atoms with Gasteiger partial charge in [0.15, 0.2) is 0 Å². The van der Waals surface area contributed by atoms with E-state index in [0.717, 1.165) is 4.90 Å². The van der Waals surface area contributed by atoms with Crippen molar-refractivity contribution in [2.45, 2.75) is 9.92 Å². The molecule has 0 amide bonds. The third-order valence-electron chi connectivity index (χ3n) is 2.07. The van der Waals surface area contributed by atoms with Crippen LogP contribution < -0.4 is 5.73 Å². The summed E-state index contributed by atoms with van der Waals surface area (Å²) in [7, 11) is 0. The number of nitrogen functional groups attached to an aromatic ring is 1. The van der Waals surface area contributed by atoms with Gasteiger partial charge in [0.2, 0.25) is 0 Å².